The van der Waals surface area contributed by atoms with E-state index in [1.807, 2.05) is 0 Å². The minimum Gasteiger partial charge on any atom is -0.548 e. The molecule has 4 atom stereocenters. The average Bonchev–Trinajstić information content (AvgIpc) is 2.84. The highest BCUT2D eigenvalue weighted by molar-refractivity contribution is 5.78. The van der Waals surface area contributed by atoms with Gasteiger partial charge in [0.25, 0.3) is 0 Å². The zero-order valence-electron chi connectivity index (χ0n) is 21.7. The van der Waals surface area contributed by atoms with E-state index in [2.05, 4.69) is 47.3 Å². The highest BCUT2D eigenvalue weighted by atomic mass is 16.5. The number of hydrogen-bond donors (Lipinski definition) is 2. The third kappa shape index (κ3) is 8.29. The Kier molecular flexibility index (Phi) is 10.5. The molecular formula is C26H44N4O5. The first-order valence-electron chi connectivity index (χ1n) is 13.3. The Balaban J connectivity index is 1.48. The minimum absolute atomic E-state index is 0.182. The summed E-state index contributed by atoms with van der Waals surface area (Å²) in [7, 11) is 0. The van der Waals surface area contributed by atoms with Gasteiger partial charge in [-0.1, -0.05) is 25.5 Å². The Hall–Kier alpha value is -1.97. The van der Waals surface area contributed by atoms with Crippen LogP contribution in [0.5, 0.6) is 0 Å². The lowest BCUT2D eigenvalue weighted by Crippen LogP contribution is -2.95. The zero-order valence-corrected chi connectivity index (χ0v) is 21.7. The standard InChI is InChI=1S/C26H44N4O5/c1-18(2)22-13-20(19(3)12-21(22)15-28-24(31)16-35-17-26(33)34)14-25(32)30-10-8-29(9-11-30)23-6-4-5-7-27-23/h12,18,20-23,27H,4-11,13-17H2,1-3H3,(H,28,31)(H,33,34)/t20-,21-,22-,23?/m0/s1. The third-order valence-corrected chi connectivity index (χ3v) is 8.02. The molecule has 3 rings (SSSR count). The van der Waals surface area contributed by atoms with Crippen LogP contribution in [0.2, 0.25) is 0 Å². The number of aliphatic carboxylic acids is 1. The van der Waals surface area contributed by atoms with E-state index in [9.17, 15) is 19.5 Å². The lowest BCUT2D eigenvalue weighted by Gasteiger charge is -2.40. The lowest BCUT2D eigenvalue weighted by molar-refractivity contribution is -0.717. The maximum Gasteiger partial charge on any atom is 0.246 e. The summed E-state index contributed by atoms with van der Waals surface area (Å²) < 4.78 is 4.82. The first-order chi connectivity index (χ1) is 16.7. The summed E-state index contributed by atoms with van der Waals surface area (Å²) in [5.74, 6) is -0.215. The predicted octanol–water partition coefficient (Wildman–Crippen LogP) is -0.669. The summed E-state index contributed by atoms with van der Waals surface area (Å²) >= 11 is 0. The molecule has 9 nitrogen and oxygen atoms in total. The molecule has 1 unspecified atom stereocenters. The number of piperidine rings is 1. The van der Waals surface area contributed by atoms with Crippen LogP contribution in [0, 0.1) is 23.7 Å². The fraction of sp³-hybridized carbons (Fsp3) is 0.808. The van der Waals surface area contributed by atoms with Crippen LogP contribution < -0.4 is 15.7 Å². The Bertz CT molecular complexity index is 757. The first-order valence-corrected chi connectivity index (χ1v) is 13.3. The van der Waals surface area contributed by atoms with Crippen LogP contribution in [0.15, 0.2) is 11.6 Å². The van der Waals surface area contributed by atoms with Gasteiger partial charge >= 0.3 is 0 Å². The number of nitrogens with two attached hydrogens (primary N) is 1. The van der Waals surface area contributed by atoms with Crippen LogP contribution in [0.3, 0.4) is 0 Å². The van der Waals surface area contributed by atoms with Gasteiger partial charge in [-0.05, 0) is 49.9 Å². The van der Waals surface area contributed by atoms with Gasteiger partial charge < -0.3 is 30.2 Å². The number of ether oxygens (including phenoxy) is 1. The lowest BCUT2D eigenvalue weighted by atomic mass is 9.69. The van der Waals surface area contributed by atoms with Crippen molar-refractivity contribution in [3.05, 3.63) is 11.6 Å². The molecule has 9 heteroatoms. The van der Waals surface area contributed by atoms with Crippen LogP contribution in [-0.2, 0) is 19.1 Å². The maximum atomic E-state index is 13.2. The van der Waals surface area contributed by atoms with E-state index in [0.717, 1.165) is 32.6 Å². The number of nitrogens with one attached hydrogen (secondary N) is 1. The Morgan fingerprint density at radius 1 is 1.17 bits per heavy atom. The number of nitrogens with zero attached hydrogens (tertiary/aromatic N) is 2. The average molecular weight is 493 g/mol. The quantitative estimate of drug-likeness (QED) is 0.391. The molecule has 1 aliphatic carbocycles. The summed E-state index contributed by atoms with van der Waals surface area (Å²) in [6.07, 6.45) is 8.19. The number of carboxylic acid groups (broad SMARTS) is 1. The van der Waals surface area contributed by atoms with Gasteiger partial charge in [-0.15, -0.1) is 0 Å². The molecule has 2 aliphatic heterocycles. The van der Waals surface area contributed by atoms with Crippen LogP contribution in [0.25, 0.3) is 0 Å². The fourth-order valence-corrected chi connectivity index (χ4v) is 5.92. The number of rotatable bonds is 10. The molecule has 0 bridgehead atoms. The number of piperazine rings is 1. The van der Waals surface area contributed by atoms with Gasteiger partial charge in [0.1, 0.15) is 12.8 Å². The summed E-state index contributed by atoms with van der Waals surface area (Å²) in [4.78, 5) is 40.2. The number of carbonyl (C=O) groups is 3. The van der Waals surface area contributed by atoms with Crippen molar-refractivity contribution in [1.29, 1.82) is 0 Å². The van der Waals surface area contributed by atoms with Crippen molar-refractivity contribution in [2.75, 3.05) is 52.5 Å². The molecule has 198 valence electrons. The molecule has 2 heterocycles. The SMILES string of the molecule is CC1=C[C@@H](CNC(=O)COCC(=O)[O-])[C@H](C(C)C)C[C@H]1CC(=O)N1CCN(C2CCCC[NH2+]2)CC1. The van der Waals surface area contributed by atoms with Gasteiger partial charge in [-0.3, -0.25) is 14.5 Å². The minimum atomic E-state index is -1.34. The number of carboxylic acids is 1. The predicted molar refractivity (Wildman–Crippen MR) is 130 cm³/mol. The smallest absolute Gasteiger partial charge is 0.246 e. The van der Waals surface area contributed by atoms with Crippen LogP contribution in [-0.4, -0.2) is 86.2 Å². The third-order valence-electron chi connectivity index (χ3n) is 8.02. The molecule has 0 aromatic heterocycles. The zero-order chi connectivity index (χ0) is 25.4. The number of quaternary nitrogens is 1. The Morgan fingerprint density at radius 2 is 1.91 bits per heavy atom. The number of allylic oxidation sites excluding steroid dienone is 1. The van der Waals surface area contributed by atoms with Crippen molar-refractivity contribution in [2.45, 2.75) is 59.0 Å². The first kappa shape index (κ1) is 27.6. The van der Waals surface area contributed by atoms with Gasteiger partial charge in [-0.2, -0.15) is 0 Å². The Morgan fingerprint density at radius 3 is 2.54 bits per heavy atom. The van der Waals surface area contributed by atoms with Gasteiger partial charge in [0.15, 0.2) is 0 Å². The van der Waals surface area contributed by atoms with E-state index in [1.54, 1.807) is 0 Å². The normalized spacial score (nSPS) is 28.0. The van der Waals surface area contributed by atoms with Crippen LogP contribution in [0.1, 0.15) is 52.9 Å². The number of hydrogen-bond acceptors (Lipinski definition) is 6. The fourth-order valence-electron chi connectivity index (χ4n) is 5.92. The van der Waals surface area contributed by atoms with E-state index >= 15 is 0 Å². The van der Waals surface area contributed by atoms with E-state index in [4.69, 9.17) is 4.74 Å². The molecule has 0 radical (unpaired) electrons. The van der Waals surface area contributed by atoms with Crippen LogP contribution in [0.4, 0.5) is 0 Å². The van der Waals surface area contributed by atoms with Gasteiger partial charge in [-0.25, -0.2) is 0 Å². The molecule has 2 amide bonds. The highest BCUT2D eigenvalue weighted by Gasteiger charge is 2.34. The Labute approximate surface area is 209 Å². The van der Waals surface area contributed by atoms with Gasteiger partial charge in [0.05, 0.1) is 19.1 Å². The second-order valence-corrected chi connectivity index (χ2v) is 10.8. The van der Waals surface area contributed by atoms with E-state index in [0.29, 0.717) is 31.0 Å². The van der Waals surface area contributed by atoms with E-state index in [-0.39, 0.29) is 30.3 Å². The maximum absolute atomic E-state index is 13.2. The molecule has 0 saturated carbocycles. The summed E-state index contributed by atoms with van der Waals surface area (Å²) in [5.41, 5.74) is 1.22. The number of carbonyl (C=O) groups excluding carboxylic acids is 3. The topological polar surface area (TPSA) is 119 Å². The van der Waals surface area contributed by atoms with Crippen molar-refractivity contribution >= 4 is 17.8 Å². The second-order valence-electron chi connectivity index (χ2n) is 10.8. The highest BCUT2D eigenvalue weighted by Crippen LogP contribution is 2.39. The summed E-state index contributed by atoms with van der Waals surface area (Å²) in [6, 6.07) is 0. The molecule has 0 spiro atoms. The van der Waals surface area contributed by atoms with Crippen molar-refractivity contribution in [1.82, 2.24) is 15.1 Å². The van der Waals surface area contributed by atoms with Gasteiger partial charge in [0, 0.05) is 45.6 Å². The molecule has 35 heavy (non-hydrogen) atoms. The second kappa shape index (κ2) is 13.4. The molecule has 0 aromatic carbocycles. The number of amides is 2. The van der Waals surface area contributed by atoms with Crippen molar-refractivity contribution < 1.29 is 29.5 Å². The van der Waals surface area contributed by atoms with E-state index < -0.39 is 12.6 Å². The monoisotopic (exact) mass is 492 g/mol. The molecule has 2 fully saturated rings. The van der Waals surface area contributed by atoms with Crippen molar-refractivity contribution in [2.24, 2.45) is 23.7 Å². The molecular weight excluding hydrogens is 448 g/mol. The molecule has 3 N–H and O–H groups in total. The molecule has 3 aliphatic rings. The molecule has 0 aromatic rings. The largest absolute Gasteiger partial charge is 0.548 e. The van der Waals surface area contributed by atoms with E-state index in [1.165, 1.54) is 31.4 Å². The van der Waals surface area contributed by atoms with Gasteiger partial charge in [0.2, 0.25) is 11.8 Å². The summed E-state index contributed by atoms with van der Waals surface area (Å²) in [5, 5.41) is 15.7. The van der Waals surface area contributed by atoms with Crippen molar-refractivity contribution in [3.8, 4) is 0 Å². The van der Waals surface area contributed by atoms with Crippen molar-refractivity contribution in [3.63, 3.8) is 0 Å². The van der Waals surface area contributed by atoms with Crippen LogP contribution >= 0.6 is 0 Å². The summed E-state index contributed by atoms with van der Waals surface area (Å²) in [6.45, 7) is 10.9. The molecule has 2 saturated heterocycles.